The van der Waals surface area contributed by atoms with Crippen LogP contribution in [0.2, 0.25) is 0 Å². The largest absolute Gasteiger partial charge is 0.457 e. The topological polar surface area (TPSA) is 57.5 Å². The predicted molar refractivity (Wildman–Crippen MR) is 120 cm³/mol. The van der Waals surface area contributed by atoms with E-state index in [1.54, 1.807) is 7.11 Å². The monoisotopic (exact) mass is 425 g/mol. The Hall–Kier alpha value is -2.57. The minimum absolute atomic E-state index is 0.168. The average molecular weight is 426 g/mol. The molecule has 1 aromatic heterocycles. The minimum atomic E-state index is -0.393. The smallest absolute Gasteiger partial charge is 0.316 e. The number of nitrogens with zero attached hydrogens (tertiary/aromatic N) is 1. The zero-order valence-electron chi connectivity index (χ0n) is 17.6. The van der Waals surface area contributed by atoms with Crippen LogP contribution >= 0.6 is 11.8 Å². The van der Waals surface area contributed by atoms with Crippen molar-refractivity contribution < 1.29 is 19.1 Å². The van der Waals surface area contributed by atoms with Crippen LogP contribution in [0.3, 0.4) is 0 Å². The van der Waals surface area contributed by atoms with Crippen LogP contribution in [0, 0.1) is 13.8 Å². The first-order chi connectivity index (χ1) is 14.5. The Morgan fingerprint density at radius 1 is 1.03 bits per heavy atom. The van der Waals surface area contributed by atoms with Crippen molar-refractivity contribution in [2.24, 2.45) is 0 Å². The molecule has 0 aliphatic rings. The summed E-state index contributed by atoms with van der Waals surface area (Å²) in [5.74, 6) is -0.401. The Bertz CT molecular complexity index is 1040. The molecule has 0 bridgehead atoms. The van der Waals surface area contributed by atoms with E-state index < -0.39 is 5.97 Å². The molecule has 158 valence electrons. The highest BCUT2D eigenvalue weighted by Crippen LogP contribution is 2.24. The van der Waals surface area contributed by atoms with E-state index in [-0.39, 0.29) is 18.1 Å². The van der Waals surface area contributed by atoms with Gasteiger partial charge in [0.2, 0.25) is 5.78 Å². The molecule has 3 rings (SSSR count). The van der Waals surface area contributed by atoms with Gasteiger partial charge in [0.05, 0.1) is 5.75 Å². The van der Waals surface area contributed by atoms with Crippen LogP contribution in [0.1, 0.15) is 28.2 Å². The second-order valence-electron chi connectivity index (χ2n) is 7.16. The normalized spacial score (nSPS) is 11.0. The van der Waals surface area contributed by atoms with Crippen molar-refractivity contribution >= 4 is 34.3 Å². The fraction of sp³-hybridized carbons (Fsp3) is 0.333. The number of ketones is 1. The summed E-state index contributed by atoms with van der Waals surface area (Å²) in [7, 11) is 1.68. The first-order valence-electron chi connectivity index (χ1n) is 9.95. The van der Waals surface area contributed by atoms with Crippen LogP contribution in [0.4, 0.5) is 0 Å². The highest BCUT2D eigenvalue weighted by molar-refractivity contribution is 8.00. The number of hydrogen-bond donors (Lipinski definition) is 0. The van der Waals surface area contributed by atoms with Crippen molar-refractivity contribution in [3.63, 3.8) is 0 Å². The van der Waals surface area contributed by atoms with E-state index >= 15 is 0 Å². The zero-order valence-corrected chi connectivity index (χ0v) is 18.5. The Balaban J connectivity index is 1.51. The summed E-state index contributed by atoms with van der Waals surface area (Å²) >= 11 is 1.41. The lowest BCUT2D eigenvalue weighted by Crippen LogP contribution is -2.16. The van der Waals surface area contributed by atoms with Crippen LogP contribution in [-0.2, 0) is 20.8 Å². The third-order valence-electron chi connectivity index (χ3n) is 5.05. The number of carbonyl (C=O) groups is 2. The number of ether oxygens (including phenoxy) is 2. The lowest BCUT2D eigenvalue weighted by molar-refractivity contribution is -0.139. The van der Waals surface area contributed by atoms with Gasteiger partial charge in [0.1, 0.15) is 0 Å². The maximum atomic E-state index is 12.6. The summed E-state index contributed by atoms with van der Waals surface area (Å²) in [4.78, 5) is 25.7. The van der Waals surface area contributed by atoms with Gasteiger partial charge in [-0.05, 0) is 49.2 Å². The summed E-state index contributed by atoms with van der Waals surface area (Å²) in [6.07, 6.45) is 0.876. The van der Waals surface area contributed by atoms with Gasteiger partial charge in [0.25, 0.3) is 0 Å². The van der Waals surface area contributed by atoms with Crippen LogP contribution in [0.25, 0.3) is 10.8 Å². The van der Waals surface area contributed by atoms with Gasteiger partial charge >= 0.3 is 5.97 Å². The van der Waals surface area contributed by atoms with Crippen LogP contribution in [0.5, 0.6) is 0 Å². The summed E-state index contributed by atoms with van der Waals surface area (Å²) < 4.78 is 12.4. The van der Waals surface area contributed by atoms with E-state index in [2.05, 4.69) is 16.7 Å². The molecule has 2 aromatic carbocycles. The van der Waals surface area contributed by atoms with Crippen molar-refractivity contribution in [1.29, 1.82) is 0 Å². The molecule has 0 aliphatic heterocycles. The molecule has 0 atom stereocenters. The molecular formula is C24H27NO4S. The highest BCUT2D eigenvalue weighted by Gasteiger charge is 2.17. The fourth-order valence-corrected chi connectivity index (χ4v) is 4.20. The third-order valence-corrected chi connectivity index (χ3v) is 6.01. The van der Waals surface area contributed by atoms with Gasteiger partial charge in [0, 0.05) is 42.1 Å². The van der Waals surface area contributed by atoms with Gasteiger partial charge < -0.3 is 14.0 Å². The van der Waals surface area contributed by atoms with E-state index in [4.69, 9.17) is 9.47 Å². The van der Waals surface area contributed by atoms with Crippen molar-refractivity contribution in [2.75, 3.05) is 26.1 Å². The fourth-order valence-electron chi connectivity index (χ4n) is 3.46. The molecule has 0 radical (unpaired) electrons. The van der Waals surface area contributed by atoms with Gasteiger partial charge in [-0.1, -0.05) is 30.3 Å². The first kappa shape index (κ1) is 22.1. The maximum Gasteiger partial charge on any atom is 0.316 e. The van der Waals surface area contributed by atoms with Gasteiger partial charge in [-0.3, -0.25) is 9.59 Å². The number of aromatic nitrogens is 1. The molecule has 0 unspecified atom stereocenters. The molecular weight excluding hydrogens is 398 g/mol. The Morgan fingerprint density at radius 3 is 2.57 bits per heavy atom. The standard InChI is InChI=1S/C24H27NO4S/c1-17-13-22(18(2)25(17)11-6-12-28-3)23(26)15-29-24(27)16-30-21-10-9-19-7-4-5-8-20(19)14-21/h4-5,7-10,13-14H,6,11-12,15-16H2,1-3H3. The molecule has 6 heteroatoms. The van der Waals surface area contributed by atoms with E-state index in [1.165, 1.54) is 11.8 Å². The Kier molecular flexibility index (Phi) is 7.71. The lowest BCUT2D eigenvalue weighted by atomic mass is 10.1. The van der Waals surface area contributed by atoms with Crippen molar-refractivity contribution in [2.45, 2.75) is 31.7 Å². The second-order valence-corrected chi connectivity index (χ2v) is 8.21. The summed E-state index contributed by atoms with van der Waals surface area (Å²) in [5.41, 5.74) is 2.53. The van der Waals surface area contributed by atoms with E-state index in [0.717, 1.165) is 40.0 Å². The van der Waals surface area contributed by atoms with Gasteiger partial charge in [-0.2, -0.15) is 0 Å². The van der Waals surface area contributed by atoms with E-state index in [1.807, 2.05) is 50.2 Å². The van der Waals surface area contributed by atoms with E-state index in [9.17, 15) is 9.59 Å². The van der Waals surface area contributed by atoms with Crippen LogP contribution in [0.15, 0.2) is 53.4 Å². The lowest BCUT2D eigenvalue weighted by Gasteiger charge is -2.09. The zero-order chi connectivity index (χ0) is 21.5. The molecule has 0 saturated heterocycles. The average Bonchev–Trinajstić information content (AvgIpc) is 3.04. The van der Waals surface area contributed by atoms with Gasteiger partial charge in [0.15, 0.2) is 6.61 Å². The number of carbonyl (C=O) groups excluding carboxylic acids is 2. The summed E-state index contributed by atoms with van der Waals surface area (Å²) in [6.45, 7) is 5.13. The highest BCUT2D eigenvalue weighted by atomic mass is 32.2. The van der Waals surface area contributed by atoms with Crippen molar-refractivity contribution in [3.05, 3.63) is 65.5 Å². The Labute approximate surface area is 181 Å². The van der Waals surface area contributed by atoms with Gasteiger partial charge in [-0.15, -0.1) is 11.8 Å². The Morgan fingerprint density at radius 2 is 1.80 bits per heavy atom. The molecule has 0 aliphatic carbocycles. The number of hydrogen-bond acceptors (Lipinski definition) is 5. The molecule has 5 nitrogen and oxygen atoms in total. The number of benzene rings is 2. The minimum Gasteiger partial charge on any atom is -0.457 e. The molecule has 0 saturated carbocycles. The number of fused-ring (bicyclic) bond motifs is 1. The maximum absolute atomic E-state index is 12.6. The molecule has 0 spiro atoms. The molecule has 0 amide bonds. The first-order valence-corrected chi connectivity index (χ1v) is 10.9. The second kappa shape index (κ2) is 10.5. The van der Waals surface area contributed by atoms with E-state index in [0.29, 0.717) is 12.2 Å². The van der Waals surface area contributed by atoms with Crippen LogP contribution < -0.4 is 0 Å². The van der Waals surface area contributed by atoms with Crippen molar-refractivity contribution in [3.8, 4) is 0 Å². The SMILES string of the molecule is COCCCn1c(C)cc(C(=O)COC(=O)CSc2ccc3ccccc3c2)c1C. The number of Topliss-reactive ketones (excluding diaryl/α,β-unsaturated/α-hetero) is 1. The number of rotatable bonds is 10. The molecule has 30 heavy (non-hydrogen) atoms. The van der Waals surface area contributed by atoms with Gasteiger partial charge in [-0.25, -0.2) is 0 Å². The molecule has 3 aromatic rings. The number of aryl methyl sites for hydroxylation is 1. The third kappa shape index (κ3) is 5.52. The number of methoxy groups -OCH3 is 1. The summed E-state index contributed by atoms with van der Waals surface area (Å²) in [6, 6.07) is 16.0. The van der Waals surface area contributed by atoms with Crippen LogP contribution in [-0.4, -0.2) is 42.4 Å². The quantitative estimate of drug-likeness (QED) is 0.202. The number of esters is 1. The number of thioether (sulfide) groups is 1. The van der Waals surface area contributed by atoms with Crippen molar-refractivity contribution in [1.82, 2.24) is 4.57 Å². The molecule has 1 heterocycles. The molecule has 0 fully saturated rings. The summed E-state index contributed by atoms with van der Waals surface area (Å²) in [5, 5.41) is 2.29. The predicted octanol–water partition coefficient (Wildman–Crippen LogP) is 4.81. The molecule has 0 N–H and O–H groups in total.